The predicted molar refractivity (Wildman–Crippen MR) is 122 cm³/mol. The first-order valence-electron chi connectivity index (χ1n) is 10.9. The fraction of sp³-hybridized carbons (Fsp3) is 0.280. The van der Waals surface area contributed by atoms with Gasteiger partial charge in [-0.3, -0.25) is 9.78 Å². The number of nitrogens with one attached hydrogen (secondary N) is 1. The molecule has 3 heterocycles. The number of allylic oxidation sites excluding steroid dienone is 1. The lowest BCUT2D eigenvalue weighted by molar-refractivity contribution is 0.0929. The van der Waals surface area contributed by atoms with Crippen LogP contribution in [0.2, 0.25) is 0 Å². The SMILES string of the molecule is C[C@H](NC(=O)c1ncc(C2=CCc3ncc(N4CCOCC4)cc32)cn1)c1ccccc1. The number of ether oxygens (including phenoxy) is 1. The van der Waals surface area contributed by atoms with Crippen molar-refractivity contribution in [2.75, 3.05) is 31.2 Å². The van der Waals surface area contributed by atoms with E-state index < -0.39 is 0 Å². The maximum absolute atomic E-state index is 12.6. The van der Waals surface area contributed by atoms with E-state index in [1.807, 2.05) is 43.5 Å². The molecular weight excluding hydrogens is 402 g/mol. The molecule has 0 unspecified atom stereocenters. The number of hydrogen-bond acceptors (Lipinski definition) is 6. The highest BCUT2D eigenvalue weighted by atomic mass is 16.5. The molecular formula is C25H25N5O2. The quantitative estimate of drug-likeness (QED) is 0.674. The zero-order valence-electron chi connectivity index (χ0n) is 18.0. The topological polar surface area (TPSA) is 80.2 Å². The van der Waals surface area contributed by atoms with Crippen LogP contribution in [0.3, 0.4) is 0 Å². The van der Waals surface area contributed by atoms with Crippen LogP contribution in [0.1, 0.15) is 46.0 Å². The molecule has 1 fully saturated rings. The van der Waals surface area contributed by atoms with Gasteiger partial charge in [0.15, 0.2) is 0 Å². The second-order valence-electron chi connectivity index (χ2n) is 8.01. The molecule has 32 heavy (non-hydrogen) atoms. The summed E-state index contributed by atoms with van der Waals surface area (Å²) in [4.78, 5) is 28.3. The molecule has 0 saturated carbocycles. The van der Waals surface area contributed by atoms with E-state index in [1.165, 1.54) is 0 Å². The number of anilines is 1. The Morgan fingerprint density at radius 3 is 2.56 bits per heavy atom. The Morgan fingerprint density at radius 1 is 1.06 bits per heavy atom. The highest BCUT2D eigenvalue weighted by molar-refractivity contribution is 5.91. The second-order valence-corrected chi connectivity index (χ2v) is 8.01. The van der Waals surface area contributed by atoms with Crippen molar-refractivity contribution in [1.29, 1.82) is 0 Å². The van der Waals surface area contributed by atoms with Gasteiger partial charge in [-0.15, -0.1) is 0 Å². The normalized spacial score (nSPS) is 16.3. The number of nitrogens with zero attached hydrogens (tertiary/aromatic N) is 4. The number of pyridine rings is 1. The van der Waals surface area contributed by atoms with Crippen molar-refractivity contribution in [1.82, 2.24) is 20.3 Å². The van der Waals surface area contributed by atoms with E-state index in [1.54, 1.807) is 12.4 Å². The molecule has 1 amide bonds. The molecule has 7 nitrogen and oxygen atoms in total. The Balaban J connectivity index is 1.31. The van der Waals surface area contributed by atoms with Gasteiger partial charge in [0, 0.05) is 43.0 Å². The molecule has 1 aliphatic heterocycles. The molecule has 3 aromatic rings. The van der Waals surface area contributed by atoms with Crippen LogP contribution in [0, 0.1) is 0 Å². The number of fused-ring (bicyclic) bond motifs is 1. The Bertz CT molecular complexity index is 1140. The van der Waals surface area contributed by atoms with E-state index in [2.05, 4.69) is 37.3 Å². The van der Waals surface area contributed by atoms with Crippen LogP contribution in [0.15, 0.2) is 61.1 Å². The van der Waals surface area contributed by atoms with Crippen molar-refractivity contribution in [3.8, 4) is 0 Å². The zero-order valence-corrected chi connectivity index (χ0v) is 18.0. The van der Waals surface area contributed by atoms with Crippen LogP contribution in [0.4, 0.5) is 5.69 Å². The summed E-state index contributed by atoms with van der Waals surface area (Å²) in [7, 11) is 0. The van der Waals surface area contributed by atoms with Gasteiger partial charge in [-0.1, -0.05) is 36.4 Å². The molecule has 2 aromatic heterocycles. The summed E-state index contributed by atoms with van der Waals surface area (Å²) in [6.45, 7) is 5.16. The van der Waals surface area contributed by atoms with Crippen molar-refractivity contribution < 1.29 is 9.53 Å². The van der Waals surface area contributed by atoms with Crippen molar-refractivity contribution >= 4 is 17.2 Å². The number of carbonyl (C=O) groups excluding carboxylic acids is 1. The number of amides is 1. The smallest absolute Gasteiger partial charge is 0.289 e. The van der Waals surface area contributed by atoms with E-state index in [9.17, 15) is 4.79 Å². The fourth-order valence-electron chi connectivity index (χ4n) is 4.13. The van der Waals surface area contributed by atoms with Gasteiger partial charge in [0.05, 0.1) is 36.8 Å². The Hall–Kier alpha value is -3.58. The lowest BCUT2D eigenvalue weighted by Gasteiger charge is -2.29. The van der Waals surface area contributed by atoms with Crippen LogP contribution < -0.4 is 10.2 Å². The molecule has 0 bridgehead atoms. The third kappa shape index (κ3) is 4.11. The van der Waals surface area contributed by atoms with Crippen LogP contribution in [-0.2, 0) is 11.2 Å². The summed E-state index contributed by atoms with van der Waals surface area (Å²) in [5, 5.41) is 2.96. The van der Waals surface area contributed by atoms with Gasteiger partial charge in [-0.05, 0) is 24.1 Å². The van der Waals surface area contributed by atoms with Crippen LogP contribution in [-0.4, -0.2) is 47.2 Å². The number of benzene rings is 1. The molecule has 162 valence electrons. The summed E-state index contributed by atoms with van der Waals surface area (Å²) in [6, 6.07) is 11.9. The number of carbonyl (C=O) groups is 1. The number of morpholine rings is 1. The van der Waals surface area contributed by atoms with Crippen molar-refractivity contribution in [2.24, 2.45) is 0 Å². The van der Waals surface area contributed by atoms with Gasteiger partial charge in [-0.25, -0.2) is 9.97 Å². The van der Waals surface area contributed by atoms with Gasteiger partial charge in [0.1, 0.15) is 0 Å². The summed E-state index contributed by atoms with van der Waals surface area (Å²) >= 11 is 0. The van der Waals surface area contributed by atoms with Gasteiger partial charge in [0.2, 0.25) is 5.82 Å². The average molecular weight is 428 g/mol. The van der Waals surface area contributed by atoms with E-state index in [-0.39, 0.29) is 17.8 Å². The number of hydrogen-bond donors (Lipinski definition) is 1. The lowest BCUT2D eigenvalue weighted by Crippen LogP contribution is -2.36. The first-order chi connectivity index (χ1) is 15.7. The van der Waals surface area contributed by atoms with E-state index in [4.69, 9.17) is 4.74 Å². The van der Waals surface area contributed by atoms with Gasteiger partial charge in [0.25, 0.3) is 5.91 Å². The third-order valence-electron chi connectivity index (χ3n) is 5.93. The summed E-state index contributed by atoms with van der Waals surface area (Å²) < 4.78 is 5.46. The minimum Gasteiger partial charge on any atom is -0.378 e. The van der Waals surface area contributed by atoms with E-state index in [0.29, 0.717) is 0 Å². The van der Waals surface area contributed by atoms with Crippen molar-refractivity contribution in [2.45, 2.75) is 19.4 Å². The van der Waals surface area contributed by atoms with E-state index in [0.717, 1.165) is 66.4 Å². The molecule has 1 aromatic carbocycles. The second kappa shape index (κ2) is 8.88. The first kappa shape index (κ1) is 20.3. The first-order valence-corrected chi connectivity index (χ1v) is 10.9. The van der Waals surface area contributed by atoms with Crippen LogP contribution in [0.25, 0.3) is 5.57 Å². The number of rotatable bonds is 5. The molecule has 1 atom stereocenters. The predicted octanol–water partition coefficient (Wildman–Crippen LogP) is 3.19. The fourth-order valence-corrected chi connectivity index (χ4v) is 4.13. The molecule has 1 aliphatic carbocycles. The maximum Gasteiger partial charge on any atom is 0.289 e. The highest BCUT2D eigenvalue weighted by Crippen LogP contribution is 2.33. The molecule has 1 N–H and O–H groups in total. The molecule has 7 heteroatoms. The Morgan fingerprint density at radius 2 is 1.81 bits per heavy atom. The van der Waals surface area contributed by atoms with Crippen molar-refractivity contribution in [3.63, 3.8) is 0 Å². The standard InChI is InChI=1S/C25H25N5O2/c1-17(18-5-3-2-4-6-18)29-25(31)24-27-14-19(15-28-24)21-7-8-23-22(21)13-20(16-26-23)30-9-11-32-12-10-30/h2-7,13-17H,8-12H2,1H3,(H,29,31)/t17-/m0/s1. The van der Waals surface area contributed by atoms with Gasteiger partial charge in [-0.2, -0.15) is 0 Å². The largest absolute Gasteiger partial charge is 0.378 e. The average Bonchev–Trinajstić information content (AvgIpc) is 3.28. The Kier molecular flexibility index (Phi) is 5.64. The minimum atomic E-state index is -0.287. The molecule has 0 spiro atoms. The number of aromatic nitrogens is 3. The van der Waals surface area contributed by atoms with Crippen molar-refractivity contribution in [3.05, 3.63) is 89.3 Å². The minimum absolute atomic E-state index is 0.124. The van der Waals surface area contributed by atoms with Crippen LogP contribution >= 0.6 is 0 Å². The maximum atomic E-state index is 12.6. The molecule has 2 aliphatic rings. The Labute approximate surface area is 187 Å². The summed E-state index contributed by atoms with van der Waals surface area (Å²) in [5.74, 6) is -0.125. The van der Waals surface area contributed by atoms with Gasteiger partial charge >= 0.3 is 0 Å². The van der Waals surface area contributed by atoms with Crippen LogP contribution in [0.5, 0.6) is 0 Å². The zero-order chi connectivity index (χ0) is 21.9. The van der Waals surface area contributed by atoms with Gasteiger partial charge < -0.3 is 15.0 Å². The van der Waals surface area contributed by atoms with E-state index >= 15 is 0 Å². The third-order valence-corrected chi connectivity index (χ3v) is 5.93. The molecule has 1 saturated heterocycles. The molecule has 5 rings (SSSR count). The molecule has 0 radical (unpaired) electrons. The lowest BCUT2D eigenvalue weighted by atomic mass is 10.0. The summed E-state index contributed by atoms with van der Waals surface area (Å²) in [5.41, 5.74) is 6.24. The highest BCUT2D eigenvalue weighted by Gasteiger charge is 2.21. The monoisotopic (exact) mass is 427 g/mol. The summed E-state index contributed by atoms with van der Waals surface area (Å²) in [6.07, 6.45) is 8.31.